The lowest BCUT2D eigenvalue weighted by atomic mass is 10.0. The first-order chi connectivity index (χ1) is 4.57. The molecule has 0 aliphatic heterocycles. The van der Waals surface area contributed by atoms with Gasteiger partial charge in [0.1, 0.15) is 5.78 Å². The van der Waals surface area contributed by atoms with Crippen molar-refractivity contribution >= 4 is 23.5 Å². The van der Waals surface area contributed by atoms with Gasteiger partial charge >= 0.3 is 0 Å². The molecule has 0 aromatic carbocycles. The first kappa shape index (κ1) is 9.69. The lowest BCUT2D eigenvalue weighted by Gasteiger charge is -2.03. The Morgan fingerprint density at radius 1 is 1.50 bits per heavy atom. The molecule has 0 radical (unpaired) electrons. The average Bonchev–Trinajstić information content (AvgIpc) is 1.85. The largest absolute Gasteiger partial charge is 0.299 e. The van der Waals surface area contributed by atoms with E-state index in [9.17, 15) is 9.59 Å². The van der Waals surface area contributed by atoms with Crippen LogP contribution in [0.5, 0.6) is 0 Å². The summed E-state index contributed by atoms with van der Waals surface area (Å²) in [4.78, 5) is 21.2. The van der Waals surface area contributed by atoms with E-state index in [0.717, 1.165) is 6.42 Å². The smallest absolute Gasteiger partial charge is 0.193 e. The van der Waals surface area contributed by atoms with Crippen molar-refractivity contribution in [3.05, 3.63) is 0 Å². The molecule has 0 aliphatic carbocycles. The number of Topliss-reactive ketones (excluding diaryl/α,β-unsaturated/α-hetero) is 1. The summed E-state index contributed by atoms with van der Waals surface area (Å²) in [6.07, 6.45) is 0.762. The Morgan fingerprint density at radius 2 is 2.00 bits per heavy atom. The molecule has 0 spiro atoms. The van der Waals surface area contributed by atoms with Gasteiger partial charge in [0, 0.05) is 5.92 Å². The molecule has 0 aromatic heterocycles. The van der Waals surface area contributed by atoms with Gasteiger partial charge in [0.25, 0.3) is 0 Å². The molecule has 0 rings (SSSR count). The maximum Gasteiger partial charge on any atom is 0.193 e. The van der Waals surface area contributed by atoms with Gasteiger partial charge in [-0.25, -0.2) is 0 Å². The Hall–Kier alpha value is -0.310. The van der Waals surface area contributed by atoms with Crippen molar-refractivity contribution in [2.75, 3.05) is 0 Å². The molecule has 0 N–H and O–H groups in total. The maximum absolute atomic E-state index is 10.9. The van der Waals surface area contributed by atoms with Gasteiger partial charge in [-0.15, -0.1) is 12.6 Å². The first-order valence-electron chi connectivity index (χ1n) is 3.32. The van der Waals surface area contributed by atoms with Crippen molar-refractivity contribution in [1.29, 1.82) is 0 Å². The number of rotatable bonds is 4. The van der Waals surface area contributed by atoms with E-state index in [1.165, 1.54) is 0 Å². The minimum absolute atomic E-state index is 0.00361. The fourth-order valence-electron chi connectivity index (χ4n) is 0.551. The van der Waals surface area contributed by atoms with E-state index >= 15 is 0 Å². The number of carbonyl (C=O) groups excluding carboxylic acids is 2. The van der Waals surface area contributed by atoms with Crippen molar-refractivity contribution in [3.8, 4) is 0 Å². The van der Waals surface area contributed by atoms with Crippen LogP contribution in [0.4, 0.5) is 0 Å². The Kier molecular flexibility index (Phi) is 4.36. The molecular weight excluding hydrogens is 148 g/mol. The summed E-state index contributed by atoms with van der Waals surface area (Å²) in [5.41, 5.74) is 0. The number of hydrogen-bond acceptors (Lipinski definition) is 2. The van der Waals surface area contributed by atoms with Gasteiger partial charge in [0.15, 0.2) is 5.12 Å². The zero-order valence-corrected chi connectivity index (χ0v) is 7.15. The van der Waals surface area contributed by atoms with E-state index in [0.29, 0.717) is 0 Å². The summed E-state index contributed by atoms with van der Waals surface area (Å²) in [5, 5.41) is -0.342. The van der Waals surface area contributed by atoms with Crippen LogP contribution in [0.3, 0.4) is 0 Å². The van der Waals surface area contributed by atoms with E-state index in [1.807, 2.05) is 13.8 Å². The number of hydrogen-bond donors (Lipinski definition) is 1. The van der Waals surface area contributed by atoms with Crippen molar-refractivity contribution < 1.29 is 9.59 Å². The van der Waals surface area contributed by atoms with Crippen LogP contribution in [-0.2, 0) is 9.59 Å². The van der Waals surface area contributed by atoms with E-state index in [4.69, 9.17) is 0 Å². The highest BCUT2D eigenvalue weighted by Gasteiger charge is 2.12. The van der Waals surface area contributed by atoms with Crippen LogP contribution in [0.15, 0.2) is 0 Å². The van der Waals surface area contributed by atoms with Crippen LogP contribution in [0.25, 0.3) is 0 Å². The highest BCUT2D eigenvalue weighted by atomic mass is 32.1. The lowest BCUT2D eigenvalue weighted by Crippen LogP contribution is -2.12. The fourth-order valence-corrected chi connectivity index (χ4v) is 0.707. The minimum atomic E-state index is -0.342. The number of ketones is 1. The Bertz CT molecular complexity index is 143. The Balaban J connectivity index is 3.73. The fraction of sp³-hybridized carbons (Fsp3) is 0.714. The molecule has 0 fully saturated rings. The second kappa shape index (κ2) is 4.50. The van der Waals surface area contributed by atoms with Gasteiger partial charge in [-0.2, -0.15) is 0 Å². The zero-order chi connectivity index (χ0) is 8.15. The molecule has 58 valence electrons. The molecule has 0 aromatic rings. The highest BCUT2D eigenvalue weighted by Crippen LogP contribution is 2.05. The van der Waals surface area contributed by atoms with E-state index < -0.39 is 0 Å². The number of thiol groups is 1. The van der Waals surface area contributed by atoms with Crippen molar-refractivity contribution in [2.24, 2.45) is 5.92 Å². The molecule has 0 unspecified atom stereocenters. The normalized spacial score (nSPS) is 12.7. The molecule has 0 aliphatic rings. The van der Waals surface area contributed by atoms with Crippen LogP contribution in [-0.4, -0.2) is 10.9 Å². The molecule has 0 saturated carbocycles. The van der Waals surface area contributed by atoms with Crippen molar-refractivity contribution in [3.63, 3.8) is 0 Å². The number of carbonyl (C=O) groups is 2. The van der Waals surface area contributed by atoms with E-state index in [2.05, 4.69) is 12.6 Å². The summed E-state index contributed by atoms with van der Waals surface area (Å²) in [7, 11) is 0. The minimum Gasteiger partial charge on any atom is -0.299 e. The predicted molar refractivity (Wildman–Crippen MR) is 43.1 cm³/mol. The van der Waals surface area contributed by atoms with E-state index in [-0.39, 0.29) is 23.2 Å². The average molecular weight is 160 g/mol. The molecule has 1 atom stereocenters. The third kappa shape index (κ3) is 3.67. The lowest BCUT2D eigenvalue weighted by molar-refractivity contribution is -0.125. The zero-order valence-electron chi connectivity index (χ0n) is 6.26. The summed E-state index contributed by atoms with van der Waals surface area (Å²) in [6, 6.07) is 0. The molecule has 3 heteroatoms. The predicted octanol–water partition coefficient (Wildman–Crippen LogP) is 1.45. The molecule has 0 amide bonds. The van der Waals surface area contributed by atoms with Gasteiger partial charge in [-0.3, -0.25) is 9.59 Å². The Morgan fingerprint density at radius 3 is 2.30 bits per heavy atom. The van der Waals surface area contributed by atoms with Crippen LogP contribution >= 0.6 is 12.6 Å². The van der Waals surface area contributed by atoms with Gasteiger partial charge in [0.2, 0.25) is 0 Å². The van der Waals surface area contributed by atoms with Gasteiger partial charge in [-0.05, 0) is 6.42 Å². The molecule has 10 heavy (non-hydrogen) atoms. The summed E-state index contributed by atoms with van der Waals surface area (Å²) in [5.74, 6) is -0.0152. The summed E-state index contributed by atoms with van der Waals surface area (Å²) in [6.45, 7) is 3.74. The van der Waals surface area contributed by atoms with Crippen LogP contribution < -0.4 is 0 Å². The van der Waals surface area contributed by atoms with Crippen molar-refractivity contribution in [2.45, 2.75) is 26.7 Å². The van der Waals surface area contributed by atoms with Gasteiger partial charge in [0.05, 0.1) is 6.42 Å². The standard InChI is InChI=1S/C7H12O2S/c1-3-5(2)6(8)4-7(9)10/h5H,3-4H2,1-2H3,(H,9,10)/t5-/m0/s1. The maximum atomic E-state index is 10.9. The monoisotopic (exact) mass is 160 g/mol. The van der Waals surface area contributed by atoms with E-state index in [1.54, 1.807) is 0 Å². The SMILES string of the molecule is CC[C@H](C)C(=O)CC(=O)S. The molecule has 0 heterocycles. The van der Waals surface area contributed by atoms with Gasteiger partial charge in [-0.1, -0.05) is 13.8 Å². The van der Waals surface area contributed by atoms with Gasteiger partial charge < -0.3 is 0 Å². The first-order valence-corrected chi connectivity index (χ1v) is 3.77. The third-order valence-electron chi connectivity index (χ3n) is 1.49. The Labute approximate surface area is 66.4 Å². The second-order valence-electron chi connectivity index (χ2n) is 2.35. The summed E-state index contributed by atoms with van der Waals surface area (Å²) < 4.78 is 0. The topological polar surface area (TPSA) is 34.1 Å². The molecule has 2 nitrogen and oxygen atoms in total. The highest BCUT2D eigenvalue weighted by molar-refractivity contribution is 7.96. The second-order valence-corrected chi connectivity index (χ2v) is 2.84. The quantitative estimate of drug-likeness (QED) is 0.499. The van der Waals surface area contributed by atoms with Crippen LogP contribution in [0.1, 0.15) is 26.7 Å². The summed E-state index contributed by atoms with van der Waals surface area (Å²) >= 11 is 3.51. The van der Waals surface area contributed by atoms with Crippen LogP contribution in [0.2, 0.25) is 0 Å². The molecule has 0 bridgehead atoms. The molecule has 0 saturated heterocycles. The van der Waals surface area contributed by atoms with Crippen molar-refractivity contribution in [1.82, 2.24) is 0 Å². The van der Waals surface area contributed by atoms with Crippen LogP contribution in [0, 0.1) is 5.92 Å². The molecular formula is C7H12O2S. The third-order valence-corrected chi connectivity index (χ3v) is 1.65.